The molecule has 0 fully saturated rings. The lowest BCUT2D eigenvalue weighted by molar-refractivity contribution is -0.148. The molecule has 2 aromatic heterocycles. The SMILES string of the molecule is O=C(COc1ccc(OCc2ccccc2)cc1)OCc1nc(-c2ccsc2)no1. The molecule has 0 saturated carbocycles. The maximum absolute atomic E-state index is 11.9. The van der Waals surface area contributed by atoms with Crippen LogP contribution in [0.2, 0.25) is 0 Å². The number of nitrogens with zero attached hydrogens (tertiary/aromatic N) is 2. The smallest absolute Gasteiger partial charge is 0.344 e. The predicted octanol–water partition coefficient (Wildman–Crippen LogP) is 4.50. The van der Waals surface area contributed by atoms with Crippen LogP contribution in [0.15, 0.2) is 75.9 Å². The molecule has 0 radical (unpaired) electrons. The van der Waals surface area contributed by atoms with E-state index in [1.807, 2.05) is 47.2 Å². The van der Waals surface area contributed by atoms with E-state index in [0.717, 1.165) is 11.1 Å². The summed E-state index contributed by atoms with van der Waals surface area (Å²) in [6.45, 7) is 0.151. The highest BCUT2D eigenvalue weighted by molar-refractivity contribution is 7.08. The van der Waals surface area contributed by atoms with Gasteiger partial charge in [-0.15, -0.1) is 0 Å². The van der Waals surface area contributed by atoms with E-state index in [4.69, 9.17) is 18.7 Å². The Morgan fingerprint density at radius 3 is 2.43 bits per heavy atom. The van der Waals surface area contributed by atoms with Crippen LogP contribution in [0.5, 0.6) is 11.5 Å². The second-order valence-corrected chi connectivity index (χ2v) is 7.00. The fraction of sp³-hybridized carbons (Fsp3) is 0.136. The number of rotatable bonds is 9. The second kappa shape index (κ2) is 9.71. The third-order valence-electron chi connectivity index (χ3n) is 4.03. The Balaban J connectivity index is 1.19. The van der Waals surface area contributed by atoms with Gasteiger partial charge in [-0.1, -0.05) is 35.5 Å². The van der Waals surface area contributed by atoms with Crippen molar-refractivity contribution >= 4 is 17.3 Å². The summed E-state index contributed by atoms with van der Waals surface area (Å²) >= 11 is 1.54. The number of hydrogen-bond acceptors (Lipinski definition) is 8. The first kappa shape index (κ1) is 19.7. The van der Waals surface area contributed by atoms with Crippen LogP contribution in [0.1, 0.15) is 11.5 Å². The molecule has 7 nitrogen and oxygen atoms in total. The van der Waals surface area contributed by atoms with E-state index in [1.165, 1.54) is 11.3 Å². The summed E-state index contributed by atoms with van der Waals surface area (Å²) in [7, 11) is 0. The number of aromatic nitrogens is 2. The number of thiophene rings is 1. The van der Waals surface area contributed by atoms with Gasteiger partial charge in [0.1, 0.15) is 18.1 Å². The van der Waals surface area contributed by atoms with Gasteiger partial charge < -0.3 is 18.7 Å². The molecule has 152 valence electrons. The standard InChI is InChI=1S/C22H18N2O5S/c25-21(28-13-20-23-22(24-29-20)17-10-11-30-15-17)14-27-19-8-6-18(7-9-19)26-12-16-4-2-1-3-5-16/h1-11,15H,12-14H2. The summed E-state index contributed by atoms with van der Waals surface area (Å²) in [5.41, 5.74) is 1.95. The van der Waals surface area contributed by atoms with Crippen molar-refractivity contribution in [3.63, 3.8) is 0 Å². The molecule has 2 aromatic carbocycles. The molecular weight excluding hydrogens is 404 g/mol. The molecule has 4 aromatic rings. The van der Waals surface area contributed by atoms with Gasteiger partial charge in [-0.2, -0.15) is 16.3 Å². The minimum Gasteiger partial charge on any atom is -0.489 e. The first-order valence-corrected chi connectivity index (χ1v) is 10.1. The lowest BCUT2D eigenvalue weighted by atomic mass is 10.2. The lowest BCUT2D eigenvalue weighted by Gasteiger charge is -2.08. The molecule has 0 saturated heterocycles. The zero-order chi connectivity index (χ0) is 20.6. The largest absolute Gasteiger partial charge is 0.489 e. The summed E-state index contributed by atoms with van der Waals surface area (Å²) in [5, 5.41) is 7.69. The fourth-order valence-electron chi connectivity index (χ4n) is 2.52. The van der Waals surface area contributed by atoms with Gasteiger partial charge in [-0.05, 0) is 41.3 Å². The third-order valence-corrected chi connectivity index (χ3v) is 4.72. The van der Waals surface area contributed by atoms with Crippen LogP contribution >= 0.6 is 11.3 Å². The van der Waals surface area contributed by atoms with Crippen LogP contribution in [0, 0.1) is 0 Å². The maximum atomic E-state index is 11.9. The molecule has 4 rings (SSSR count). The zero-order valence-corrected chi connectivity index (χ0v) is 16.7. The van der Waals surface area contributed by atoms with Gasteiger partial charge in [0.05, 0.1) is 0 Å². The van der Waals surface area contributed by atoms with Gasteiger partial charge in [-0.25, -0.2) is 4.79 Å². The number of benzene rings is 2. The van der Waals surface area contributed by atoms with Crippen LogP contribution in [0.4, 0.5) is 0 Å². The van der Waals surface area contributed by atoms with E-state index < -0.39 is 5.97 Å². The normalized spacial score (nSPS) is 10.5. The summed E-state index contributed by atoms with van der Waals surface area (Å²) in [6.07, 6.45) is 0. The average Bonchev–Trinajstić information content (AvgIpc) is 3.48. The van der Waals surface area contributed by atoms with E-state index >= 15 is 0 Å². The first-order valence-electron chi connectivity index (χ1n) is 9.16. The van der Waals surface area contributed by atoms with Crippen LogP contribution in [0.3, 0.4) is 0 Å². The molecule has 8 heteroatoms. The molecule has 0 amide bonds. The Morgan fingerprint density at radius 1 is 0.933 bits per heavy atom. The lowest BCUT2D eigenvalue weighted by Crippen LogP contribution is -2.14. The highest BCUT2D eigenvalue weighted by Gasteiger charge is 2.12. The van der Waals surface area contributed by atoms with E-state index in [9.17, 15) is 4.79 Å². The van der Waals surface area contributed by atoms with Crippen molar-refractivity contribution in [3.8, 4) is 22.9 Å². The Kier molecular flexibility index (Phi) is 6.36. The molecule has 0 spiro atoms. The highest BCUT2D eigenvalue weighted by Crippen LogP contribution is 2.20. The first-order chi connectivity index (χ1) is 14.8. The number of ether oxygens (including phenoxy) is 3. The van der Waals surface area contributed by atoms with Crippen molar-refractivity contribution in [1.29, 1.82) is 0 Å². The van der Waals surface area contributed by atoms with Crippen LogP contribution < -0.4 is 9.47 Å². The van der Waals surface area contributed by atoms with E-state index in [1.54, 1.807) is 24.3 Å². The van der Waals surface area contributed by atoms with E-state index in [0.29, 0.717) is 23.9 Å². The van der Waals surface area contributed by atoms with Crippen molar-refractivity contribution in [2.75, 3.05) is 6.61 Å². The quantitative estimate of drug-likeness (QED) is 0.367. The molecule has 0 N–H and O–H groups in total. The summed E-state index contributed by atoms with van der Waals surface area (Å²) in [5.74, 6) is 1.41. The van der Waals surface area contributed by atoms with Crippen molar-refractivity contribution in [2.24, 2.45) is 0 Å². The molecule has 0 aliphatic carbocycles. The van der Waals surface area contributed by atoms with Crippen LogP contribution in [0.25, 0.3) is 11.4 Å². The highest BCUT2D eigenvalue weighted by atomic mass is 32.1. The second-order valence-electron chi connectivity index (χ2n) is 6.22. The Hall–Kier alpha value is -3.65. The Morgan fingerprint density at radius 2 is 1.70 bits per heavy atom. The molecule has 0 unspecified atom stereocenters. The van der Waals surface area contributed by atoms with Crippen LogP contribution in [-0.4, -0.2) is 22.7 Å². The zero-order valence-electron chi connectivity index (χ0n) is 15.9. The monoisotopic (exact) mass is 422 g/mol. The topological polar surface area (TPSA) is 83.7 Å². The van der Waals surface area contributed by atoms with Gasteiger partial charge in [0.15, 0.2) is 13.2 Å². The number of hydrogen-bond donors (Lipinski definition) is 0. The molecular formula is C22H18N2O5S. The molecule has 0 aliphatic heterocycles. The van der Waals surface area contributed by atoms with Gasteiger partial charge >= 0.3 is 5.97 Å². The van der Waals surface area contributed by atoms with Gasteiger partial charge in [-0.3, -0.25) is 0 Å². The average molecular weight is 422 g/mol. The number of carbonyl (C=O) groups is 1. The Labute approximate surface area is 176 Å². The fourth-order valence-corrected chi connectivity index (χ4v) is 3.16. The van der Waals surface area contributed by atoms with E-state index in [-0.39, 0.29) is 19.1 Å². The predicted molar refractivity (Wildman–Crippen MR) is 110 cm³/mol. The number of esters is 1. The van der Waals surface area contributed by atoms with Gasteiger partial charge in [0.25, 0.3) is 5.89 Å². The molecule has 0 bridgehead atoms. The minimum absolute atomic E-state index is 0.106. The van der Waals surface area contributed by atoms with Crippen LogP contribution in [-0.2, 0) is 22.7 Å². The molecule has 2 heterocycles. The number of carbonyl (C=O) groups excluding carboxylic acids is 1. The summed E-state index contributed by atoms with van der Waals surface area (Å²) in [4.78, 5) is 16.1. The third kappa shape index (κ3) is 5.45. The Bertz CT molecular complexity index is 1060. The van der Waals surface area contributed by atoms with Crippen molar-refractivity contribution in [2.45, 2.75) is 13.2 Å². The van der Waals surface area contributed by atoms with Gasteiger partial charge in [0.2, 0.25) is 5.82 Å². The van der Waals surface area contributed by atoms with Crippen molar-refractivity contribution < 1.29 is 23.5 Å². The van der Waals surface area contributed by atoms with Crippen molar-refractivity contribution in [3.05, 3.63) is 82.9 Å². The summed E-state index contributed by atoms with van der Waals surface area (Å²) < 4.78 is 21.4. The molecule has 0 aliphatic rings. The van der Waals surface area contributed by atoms with E-state index in [2.05, 4.69) is 10.1 Å². The summed E-state index contributed by atoms with van der Waals surface area (Å²) in [6, 6.07) is 18.8. The maximum Gasteiger partial charge on any atom is 0.344 e. The molecule has 30 heavy (non-hydrogen) atoms. The molecule has 0 atom stereocenters. The minimum atomic E-state index is -0.533. The van der Waals surface area contributed by atoms with Gasteiger partial charge in [0, 0.05) is 10.9 Å². The van der Waals surface area contributed by atoms with Crippen molar-refractivity contribution in [1.82, 2.24) is 10.1 Å².